The lowest BCUT2D eigenvalue weighted by molar-refractivity contribution is 0.0443. The van der Waals surface area contributed by atoms with Crippen molar-refractivity contribution in [3.8, 4) is 40.6 Å². The average molecular weight is 552 g/mol. The molecule has 2 fully saturated rings. The highest BCUT2D eigenvalue weighted by Gasteiger charge is 2.24. The lowest BCUT2D eigenvalue weighted by Crippen LogP contribution is -2.36. The zero-order valence-electron chi connectivity index (χ0n) is 21.3. The number of hydrogen-bond donors (Lipinski definition) is 2. The van der Waals surface area contributed by atoms with Gasteiger partial charge >= 0.3 is 0 Å². The normalized spacial score (nSPS) is 18.8. The second-order valence-electron chi connectivity index (χ2n) is 9.12. The predicted octanol–water partition coefficient (Wildman–Crippen LogP) is 3.46. The standard InChI is InChI=1S/C28H27F2N5O3S/c1-37-24-17-31-23(26(29)30)16-22(24)21-15-19(3-2-10-35-11-13-38-14-12-35)6-8-20(21)27(36)32-28-34-33-25(39-28)9-7-18-4-5-18/h6,8,15-18,25-26,33H,4-5,10-14H2,1H3,(H,32,34,36). The molecule has 0 spiro atoms. The third-order valence-corrected chi connectivity index (χ3v) is 7.13. The van der Waals surface area contributed by atoms with Crippen LogP contribution in [-0.4, -0.2) is 66.3 Å². The number of hydrogen-bond acceptors (Lipinski definition) is 8. The van der Waals surface area contributed by atoms with Gasteiger partial charge in [0.15, 0.2) is 10.5 Å². The van der Waals surface area contributed by atoms with Gasteiger partial charge in [-0.05, 0) is 54.4 Å². The summed E-state index contributed by atoms with van der Waals surface area (Å²) in [5.74, 6) is 12.9. The number of rotatable bonds is 5. The number of amidine groups is 1. The van der Waals surface area contributed by atoms with Gasteiger partial charge in [0, 0.05) is 35.7 Å². The fourth-order valence-corrected chi connectivity index (χ4v) is 4.71. The van der Waals surface area contributed by atoms with Crippen LogP contribution in [0.15, 0.2) is 35.6 Å². The van der Waals surface area contributed by atoms with Gasteiger partial charge in [0.2, 0.25) is 0 Å². The molecule has 2 aromatic rings. The van der Waals surface area contributed by atoms with E-state index < -0.39 is 18.0 Å². The summed E-state index contributed by atoms with van der Waals surface area (Å²) in [5, 5.41) is 7.13. The summed E-state index contributed by atoms with van der Waals surface area (Å²) in [7, 11) is 1.42. The van der Waals surface area contributed by atoms with Crippen molar-refractivity contribution in [2.24, 2.45) is 11.0 Å². The molecule has 1 aromatic carbocycles. The number of aromatic nitrogens is 1. The molecular weight excluding hydrogens is 524 g/mol. The van der Waals surface area contributed by atoms with Crippen molar-refractivity contribution < 1.29 is 23.0 Å². The van der Waals surface area contributed by atoms with Gasteiger partial charge in [0.25, 0.3) is 12.3 Å². The number of methoxy groups -OCH3 is 1. The second-order valence-corrected chi connectivity index (χ2v) is 10.2. The Morgan fingerprint density at radius 1 is 1.26 bits per heavy atom. The van der Waals surface area contributed by atoms with Gasteiger partial charge in [-0.1, -0.05) is 23.7 Å². The Morgan fingerprint density at radius 3 is 2.82 bits per heavy atom. The highest BCUT2D eigenvalue weighted by atomic mass is 32.2. The summed E-state index contributed by atoms with van der Waals surface area (Å²) in [4.78, 5) is 19.4. The zero-order chi connectivity index (χ0) is 27.2. The monoisotopic (exact) mass is 551 g/mol. The molecule has 39 heavy (non-hydrogen) atoms. The van der Waals surface area contributed by atoms with Crippen LogP contribution in [0, 0.1) is 29.6 Å². The van der Waals surface area contributed by atoms with Crippen LogP contribution in [0.25, 0.3) is 11.1 Å². The van der Waals surface area contributed by atoms with Crippen LogP contribution in [0.3, 0.4) is 0 Å². The summed E-state index contributed by atoms with van der Waals surface area (Å²) in [6.45, 7) is 3.55. The summed E-state index contributed by atoms with van der Waals surface area (Å²) in [5.41, 5.74) is 4.10. The number of carbonyl (C=O) groups excluding carboxylic acids is 1. The number of pyridine rings is 1. The van der Waals surface area contributed by atoms with Crippen molar-refractivity contribution in [3.05, 3.63) is 47.3 Å². The number of hydrazone groups is 1. The first-order chi connectivity index (χ1) is 19.0. The lowest BCUT2D eigenvalue weighted by Gasteiger charge is -2.24. The number of thioether (sulfide) groups is 1. The fraction of sp³-hybridized carbons (Fsp3) is 0.393. The first-order valence-electron chi connectivity index (χ1n) is 12.6. The fourth-order valence-electron chi connectivity index (χ4n) is 3.99. The maximum Gasteiger partial charge on any atom is 0.280 e. The Morgan fingerprint density at radius 2 is 2.08 bits per heavy atom. The van der Waals surface area contributed by atoms with Gasteiger partial charge in [-0.15, -0.1) is 0 Å². The van der Waals surface area contributed by atoms with Crippen molar-refractivity contribution in [2.75, 3.05) is 40.0 Å². The minimum atomic E-state index is -2.78. The number of carbonyl (C=O) groups is 1. The SMILES string of the molecule is COc1cnc(C(F)F)cc1-c1cc(C#CCN2CCOCC2)ccc1C(=O)NC1=NNC(C#CC2CC2)S1. The van der Waals surface area contributed by atoms with E-state index >= 15 is 0 Å². The topological polar surface area (TPSA) is 88.1 Å². The third-order valence-electron chi connectivity index (χ3n) is 6.25. The van der Waals surface area contributed by atoms with E-state index in [0.29, 0.717) is 47.5 Å². The molecular formula is C28H27F2N5O3S. The molecule has 1 unspecified atom stereocenters. The van der Waals surface area contributed by atoms with Crippen LogP contribution in [0.1, 0.15) is 40.9 Å². The average Bonchev–Trinajstić information content (AvgIpc) is 3.69. The Bertz CT molecular complexity index is 1390. The molecule has 1 aromatic heterocycles. The molecule has 11 heteroatoms. The van der Waals surface area contributed by atoms with Crippen LogP contribution >= 0.6 is 11.8 Å². The van der Waals surface area contributed by atoms with Gasteiger partial charge in [-0.25, -0.2) is 8.78 Å². The number of nitrogens with zero attached hydrogens (tertiary/aromatic N) is 3. The molecule has 1 saturated heterocycles. The van der Waals surface area contributed by atoms with Crippen molar-refractivity contribution in [1.29, 1.82) is 0 Å². The second kappa shape index (κ2) is 12.5. The number of halogens is 2. The maximum atomic E-state index is 13.5. The van der Waals surface area contributed by atoms with E-state index in [9.17, 15) is 13.6 Å². The molecule has 0 radical (unpaired) electrons. The van der Waals surface area contributed by atoms with Crippen LogP contribution in [-0.2, 0) is 4.74 Å². The summed E-state index contributed by atoms with van der Waals surface area (Å²) < 4.78 is 37.9. The Hall–Kier alpha value is -3.64. The molecule has 1 aliphatic carbocycles. The number of nitrogens with one attached hydrogen (secondary N) is 2. The largest absolute Gasteiger partial charge is 0.494 e. The molecule has 3 aliphatic rings. The van der Waals surface area contributed by atoms with Crippen molar-refractivity contribution >= 4 is 22.8 Å². The molecule has 0 bridgehead atoms. The molecule has 3 heterocycles. The zero-order valence-corrected chi connectivity index (χ0v) is 22.1. The van der Waals surface area contributed by atoms with Gasteiger partial charge < -0.3 is 9.47 Å². The number of benzene rings is 1. The first kappa shape index (κ1) is 26.9. The number of amides is 1. The third kappa shape index (κ3) is 7.07. The lowest BCUT2D eigenvalue weighted by atomic mass is 9.96. The maximum absolute atomic E-state index is 13.5. The van der Waals surface area contributed by atoms with Crippen LogP contribution < -0.4 is 15.5 Å². The molecule has 2 aliphatic heterocycles. The van der Waals surface area contributed by atoms with E-state index in [4.69, 9.17) is 9.47 Å². The molecule has 8 nitrogen and oxygen atoms in total. The Balaban J connectivity index is 1.42. The predicted molar refractivity (Wildman–Crippen MR) is 145 cm³/mol. The van der Waals surface area contributed by atoms with Crippen LogP contribution in [0.4, 0.5) is 8.78 Å². The van der Waals surface area contributed by atoms with Crippen LogP contribution in [0.5, 0.6) is 5.75 Å². The molecule has 5 rings (SSSR count). The van der Waals surface area contributed by atoms with E-state index in [1.165, 1.54) is 31.1 Å². The van der Waals surface area contributed by atoms with Gasteiger partial charge in [-0.3, -0.25) is 25.4 Å². The van der Waals surface area contributed by atoms with Crippen molar-refractivity contribution in [2.45, 2.75) is 24.6 Å². The Kier molecular flexibility index (Phi) is 8.62. The highest BCUT2D eigenvalue weighted by molar-refractivity contribution is 8.14. The van der Waals surface area contributed by atoms with Gasteiger partial charge in [0.05, 0.1) is 33.1 Å². The van der Waals surface area contributed by atoms with Crippen molar-refractivity contribution in [3.63, 3.8) is 0 Å². The van der Waals surface area contributed by atoms with E-state index in [1.807, 2.05) is 0 Å². The van der Waals surface area contributed by atoms with E-state index in [1.54, 1.807) is 18.2 Å². The molecule has 2 N–H and O–H groups in total. The quantitative estimate of drug-likeness (QED) is 0.551. The summed E-state index contributed by atoms with van der Waals surface area (Å²) in [6, 6.07) is 6.31. The van der Waals surface area contributed by atoms with E-state index in [-0.39, 0.29) is 16.7 Å². The summed E-state index contributed by atoms with van der Waals surface area (Å²) >= 11 is 1.31. The number of alkyl halides is 2. The minimum absolute atomic E-state index is 0.238. The molecule has 202 valence electrons. The number of ether oxygens (including phenoxy) is 2. The van der Waals surface area contributed by atoms with Gasteiger partial charge in [0.1, 0.15) is 11.4 Å². The smallest absolute Gasteiger partial charge is 0.280 e. The number of morpholine rings is 1. The van der Waals surface area contributed by atoms with Crippen molar-refractivity contribution in [1.82, 2.24) is 20.6 Å². The Labute approximate surface area is 229 Å². The first-order valence-corrected chi connectivity index (χ1v) is 13.5. The molecule has 1 atom stereocenters. The van der Waals surface area contributed by atoms with Gasteiger partial charge in [-0.2, -0.15) is 5.10 Å². The minimum Gasteiger partial charge on any atom is -0.494 e. The highest BCUT2D eigenvalue weighted by Crippen LogP contribution is 2.35. The van der Waals surface area contributed by atoms with E-state index in [2.05, 4.69) is 49.4 Å². The van der Waals surface area contributed by atoms with E-state index in [0.717, 1.165) is 25.9 Å². The van der Waals surface area contributed by atoms with Crippen LogP contribution in [0.2, 0.25) is 0 Å². The molecule has 1 amide bonds. The molecule has 1 saturated carbocycles. The summed E-state index contributed by atoms with van der Waals surface area (Å²) in [6.07, 6.45) is 0.695.